The van der Waals surface area contributed by atoms with Crippen LogP contribution in [0.4, 0.5) is 0 Å². The van der Waals surface area contributed by atoms with E-state index in [4.69, 9.17) is 5.11 Å². The van der Waals surface area contributed by atoms with Crippen molar-refractivity contribution in [3.63, 3.8) is 0 Å². The van der Waals surface area contributed by atoms with Crippen LogP contribution < -0.4 is 0 Å². The Morgan fingerprint density at radius 3 is 3.18 bits per heavy atom. The molecule has 1 amide bonds. The van der Waals surface area contributed by atoms with E-state index in [-0.39, 0.29) is 18.6 Å². The maximum Gasteiger partial charge on any atom is 0.223 e. The molecule has 0 saturated carbocycles. The van der Waals surface area contributed by atoms with Crippen molar-refractivity contribution in [2.75, 3.05) is 25.2 Å². The van der Waals surface area contributed by atoms with Crippen molar-refractivity contribution in [2.45, 2.75) is 12.5 Å². The number of carbonyl (C=O) groups excluding carboxylic acids is 1. The predicted octanol–water partition coefficient (Wildman–Crippen LogP) is -0.0574. The molecule has 0 radical (unpaired) electrons. The second-order valence-corrected chi connectivity index (χ2v) is 3.82. The fourth-order valence-corrected chi connectivity index (χ4v) is 2.13. The lowest BCUT2D eigenvalue weighted by molar-refractivity contribution is -0.131. The van der Waals surface area contributed by atoms with Gasteiger partial charge in [0.1, 0.15) is 0 Å². The van der Waals surface area contributed by atoms with Crippen LogP contribution in [0.1, 0.15) is 6.42 Å². The predicted molar refractivity (Wildman–Crippen MR) is 45.6 cm³/mol. The van der Waals surface area contributed by atoms with Crippen LogP contribution in [-0.4, -0.2) is 47.1 Å². The zero-order valence-electron chi connectivity index (χ0n) is 6.62. The van der Waals surface area contributed by atoms with Crippen LogP contribution in [0.2, 0.25) is 0 Å². The third kappa shape index (κ3) is 2.10. The fourth-order valence-electron chi connectivity index (χ4n) is 1.05. The van der Waals surface area contributed by atoms with E-state index in [0.717, 1.165) is 11.5 Å². The van der Waals surface area contributed by atoms with Gasteiger partial charge >= 0.3 is 0 Å². The first kappa shape index (κ1) is 8.87. The van der Waals surface area contributed by atoms with Gasteiger partial charge < -0.3 is 10.0 Å². The number of likely N-dealkylation sites (N-methyl/N-ethyl adjacent to an activating group) is 1. The zero-order chi connectivity index (χ0) is 8.27. The molecule has 3 nitrogen and oxygen atoms in total. The highest BCUT2D eigenvalue weighted by atomic mass is 32.2. The van der Waals surface area contributed by atoms with Gasteiger partial charge in [-0.05, 0) is 0 Å². The first-order valence-electron chi connectivity index (χ1n) is 3.70. The first-order chi connectivity index (χ1) is 5.25. The summed E-state index contributed by atoms with van der Waals surface area (Å²) < 4.78 is 0. The molecule has 0 spiro atoms. The molecule has 1 aliphatic rings. The Labute approximate surface area is 70.8 Å². The molecule has 1 rings (SSSR count). The zero-order valence-corrected chi connectivity index (χ0v) is 7.43. The molecule has 1 unspecified atom stereocenters. The number of aliphatic hydroxyl groups is 1. The number of hydrogen-bond acceptors (Lipinski definition) is 3. The van der Waals surface area contributed by atoms with Gasteiger partial charge in [0.25, 0.3) is 0 Å². The summed E-state index contributed by atoms with van der Waals surface area (Å²) in [7, 11) is 1.76. The molecule has 11 heavy (non-hydrogen) atoms. The molecular weight excluding hydrogens is 162 g/mol. The Bertz CT molecular complexity index is 151. The van der Waals surface area contributed by atoms with E-state index in [2.05, 4.69) is 0 Å². The van der Waals surface area contributed by atoms with E-state index in [9.17, 15) is 4.79 Å². The molecule has 0 aromatic rings. The van der Waals surface area contributed by atoms with Crippen molar-refractivity contribution >= 4 is 17.7 Å². The van der Waals surface area contributed by atoms with Crippen LogP contribution in [-0.2, 0) is 4.79 Å². The minimum Gasteiger partial charge on any atom is -0.394 e. The molecule has 1 N–H and O–H groups in total. The van der Waals surface area contributed by atoms with Gasteiger partial charge in [-0.3, -0.25) is 4.79 Å². The number of carbonyl (C=O) groups is 1. The summed E-state index contributed by atoms with van der Waals surface area (Å²) >= 11 is 1.73. The van der Waals surface area contributed by atoms with Gasteiger partial charge in [-0.2, -0.15) is 11.8 Å². The molecule has 0 aliphatic carbocycles. The number of hydrogen-bond donors (Lipinski definition) is 1. The molecule has 1 atom stereocenters. The summed E-state index contributed by atoms with van der Waals surface area (Å²) in [5, 5.41) is 8.90. The third-order valence-electron chi connectivity index (χ3n) is 1.92. The summed E-state index contributed by atoms with van der Waals surface area (Å²) in [6, 6.07) is 0.0231. The number of rotatable bonds is 1. The maximum absolute atomic E-state index is 11.2. The number of nitrogens with zero attached hydrogens (tertiary/aromatic N) is 1. The van der Waals surface area contributed by atoms with Crippen molar-refractivity contribution < 1.29 is 9.90 Å². The number of amides is 1. The molecule has 1 aliphatic heterocycles. The van der Waals surface area contributed by atoms with Crippen LogP contribution in [0.25, 0.3) is 0 Å². The SMILES string of the molecule is CN1C(=O)CCSCC1CO. The highest BCUT2D eigenvalue weighted by molar-refractivity contribution is 7.99. The molecular formula is C7H13NO2S. The molecule has 1 saturated heterocycles. The molecule has 64 valence electrons. The average molecular weight is 175 g/mol. The van der Waals surface area contributed by atoms with Crippen molar-refractivity contribution in [1.82, 2.24) is 4.90 Å². The molecule has 0 bridgehead atoms. The second-order valence-electron chi connectivity index (χ2n) is 2.67. The highest BCUT2D eigenvalue weighted by Gasteiger charge is 2.21. The van der Waals surface area contributed by atoms with Gasteiger partial charge in [-0.25, -0.2) is 0 Å². The Kier molecular flexibility index (Phi) is 3.20. The van der Waals surface area contributed by atoms with E-state index in [1.807, 2.05) is 0 Å². The Hall–Kier alpha value is -0.220. The normalized spacial score (nSPS) is 26.9. The van der Waals surface area contributed by atoms with Gasteiger partial charge in [0.05, 0.1) is 12.6 Å². The average Bonchev–Trinajstić information content (AvgIpc) is 2.16. The summed E-state index contributed by atoms with van der Waals surface area (Å²) in [5.41, 5.74) is 0. The van der Waals surface area contributed by atoms with Crippen LogP contribution in [0.5, 0.6) is 0 Å². The summed E-state index contributed by atoms with van der Waals surface area (Å²) in [5.74, 6) is 1.90. The summed E-state index contributed by atoms with van der Waals surface area (Å²) in [6.07, 6.45) is 0.609. The number of aliphatic hydroxyl groups excluding tert-OH is 1. The van der Waals surface area contributed by atoms with E-state index >= 15 is 0 Å². The van der Waals surface area contributed by atoms with Gasteiger partial charge in [-0.1, -0.05) is 0 Å². The monoisotopic (exact) mass is 175 g/mol. The van der Waals surface area contributed by atoms with Crippen molar-refractivity contribution in [3.05, 3.63) is 0 Å². The van der Waals surface area contributed by atoms with Gasteiger partial charge in [0, 0.05) is 25.0 Å². The minimum atomic E-state index is 0.0231. The Balaban J connectivity index is 2.56. The molecule has 4 heteroatoms. The van der Waals surface area contributed by atoms with Gasteiger partial charge in [-0.15, -0.1) is 0 Å². The Morgan fingerprint density at radius 1 is 1.82 bits per heavy atom. The largest absolute Gasteiger partial charge is 0.394 e. The van der Waals surface area contributed by atoms with Crippen LogP contribution >= 0.6 is 11.8 Å². The molecule has 1 fully saturated rings. The lowest BCUT2D eigenvalue weighted by atomic mass is 10.3. The van der Waals surface area contributed by atoms with E-state index in [0.29, 0.717) is 6.42 Å². The molecule has 0 aromatic heterocycles. The summed E-state index contributed by atoms with van der Waals surface area (Å²) in [6.45, 7) is 0.0786. The van der Waals surface area contributed by atoms with Crippen molar-refractivity contribution in [1.29, 1.82) is 0 Å². The smallest absolute Gasteiger partial charge is 0.223 e. The van der Waals surface area contributed by atoms with Crippen LogP contribution in [0.3, 0.4) is 0 Å². The standard InChI is InChI=1S/C7H13NO2S/c1-8-6(4-9)5-11-3-2-7(8)10/h6,9H,2-5H2,1H3. The Morgan fingerprint density at radius 2 is 2.55 bits per heavy atom. The minimum absolute atomic E-state index is 0.0231. The first-order valence-corrected chi connectivity index (χ1v) is 4.85. The maximum atomic E-state index is 11.2. The quantitative estimate of drug-likeness (QED) is 0.607. The lowest BCUT2D eigenvalue weighted by Crippen LogP contribution is -2.39. The van der Waals surface area contributed by atoms with Crippen LogP contribution in [0.15, 0.2) is 0 Å². The molecule has 0 aromatic carbocycles. The fraction of sp³-hybridized carbons (Fsp3) is 0.857. The van der Waals surface area contributed by atoms with Crippen molar-refractivity contribution in [3.8, 4) is 0 Å². The van der Waals surface area contributed by atoms with Gasteiger partial charge in [0.2, 0.25) is 5.91 Å². The molecule has 1 heterocycles. The lowest BCUT2D eigenvalue weighted by Gasteiger charge is -2.23. The van der Waals surface area contributed by atoms with Crippen LogP contribution in [0, 0.1) is 0 Å². The van der Waals surface area contributed by atoms with E-state index in [1.54, 1.807) is 23.7 Å². The topological polar surface area (TPSA) is 40.5 Å². The van der Waals surface area contributed by atoms with Crippen molar-refractivity contribution in [2.24, 2.45) is 0 Å². The highest BCUT2D eigenvalue weighted by Crippen LogP contribution is 2.14. The number of thioether (sulfide) groups is 1. The van der Waals surface area contributed by atoms with E-state index < -0.39 is 0 Å². The summed E-state index contributed by atoms with van der Waals surface area (Å²) in [4.78, 5) is 12.8. The third-order valence-corrected chi connectivity index (χ3v) is 3.04. The second kappa shape index (κ2) is 3.97. The van der Waals surface area contributed by atoms with Gasteiger partial charge in [0.15, 0.2) is 0 Å². The van der Waals surface area contributed by atoms with E-state index in [1.165, 1.54) is 0 Å².